The van der Waals surface area contributed by atoms with Gasteiger partial charge < -0.3 is 28.8 Å². The molecule has 1 N–H and O–H groups in total. The third kappa shape index (κ3) is 4.11. The Kier molecular flexibility index (Phi) is 6.83. The van der Waals surface area contributed by atoms with Gasteiger partial charge in [0.1, 0.15) is 22.6 Å². The molecular weight excluding hydrogens is 447 g/mol. The molecule has 8 nitrogen and oxygen atoms in total. The molecule has 1 atom stereocenters. The second kappa shape index (κ2) is 9.21. The predicted octanol–water partition coefficient (Wildman–Crippen LogP) is 3.59. The monoisotopic (exact) mass is 468 g/mol. The van der Waals surface area contributed by atoms with Crippen LogP contribution < -0.4 is 9.47 Å². The zero-order chi connectivity index (χ0) is 22.9. The Morgan fingerprint density at radius 3 is 2.45 bits per heavy atom. The first kappa shape index (κ1) is 23.0. The molecule has 10 heteroatoms. The minimum Gasteiger partial charge on any atom is -0.507 e. The number of likely N-dealkylation sites (tertiary alicyclic amines) is 1. The van der Waals surface area contributed by atoms with Crippen LogP contribution in [0.3, 0.4) is 0 Å². The number of hydrogen-bond donors (Lipinski definition) is 1. The van der Waals surface area contributed by atoms with E-state index in [1.807, 2.05) is 19.0 Å². The summed E-state index contributed by atoms with van der Waals surface area (Å²) < 4.78 is 16.0. The Hall–Kier alpha value is -2.68. The first-order chi connectivity index (χ1) is 14.7. The molecule has 3 rings (SSSR count). The van der Waals surface area contributed by atoms with Gasteiger partial charge in [-0.1, -0.05) is 23.2 Å². The highest BCUT2D eigenvalue weighted by Gasteiger charge is 2.47. The molecular formula is C21H22Cl2N2O6. The SMILES string of the molecule is COc1c(Cl)cc(/C(O)=C2/C(=O)C(=O)N(CCN(C)C)C2c2ccco2)c(OC)c1Cl. The van der Waals surface area contributed by atoms with Crippen LogP contribution in [-0.4, -0.2) is 68.0 Å². The molecule has 1 aromatic carbocycles. The van der Waals surface area contributed by atoms with Crippen molar-refractivity contribution in [3.05, 3.63) is 51.4 Å². The minimum atomic E-state index is -0.917. The number of aliphatic hydroxyl groups excluding tert-OH is 1. The molecule has 0 saturated carbocycles. The van der Waals surface area contributed by atoms with E-state index >= 15 is 0 Å². The number of hydrogen-bond acceptors (Lipinski definition) is 7. The van der Waals surface area contributed by atoms with E-state index in [9.17, 15) is 14.7 Å². The highest BCUT2D eigenvalue weighted by molar-refractivity contribution is 6.47. The highest BCUT2D eigenvalue weighted by atomic mass is 35.5. The molecule has 2 aromatic rings. The van der Waals surface area contributed by atoms with E-state index in [-0.39, 0.29) is 39.2 Å². The van der Waals surface area contributed by atoms with Crippen LogP contribution in [-0.2, 0) is 9.59 Å². The lowest BCUT2D eigenvalue weighted by atomic mass is 9.98. The van der Waals surface area contributed by atoms with Crippen molar-refractivity contribution in [2.45, 2.75) is 6.04 Å². The summed E-state index contributed by atoms with van der Waals surface area (Å²) in [6.45, 7) is 0.759. The maximum atomic E-state index is 13.0. The van der Waals surface area contributed by atoms with Gasteiger partial charge in [0.05, 0.1) is 36.6 Å². The molecule has 1 unspecified atom stereocenters. The number of Topliss-reactive ketones (excluding diaryl/α,β-unsaturated/α-hetero) is 1. The first-order valence-electron chi connectivity index (χ1n) is 9.29. The average Bonchev–Trinajstić information content (AvgIpc) is 3.33. The minimum absolute atomic E-state index is 0.0236. The number of benzene rings is 1. The molecule has 2 heterocycles. The lowest BCUT2D eigenvalue weighted by Crippen LogP contribution is -2.35. The van der Waals surface area contributed by atoms with Crippen molar-refractivity contribution in [2.75, 3.05) is 41.4 Å². The molecule has 1 saturated heterocycles. The van der Waals surface area contributed by atoms with E-state index in [0.29, 0.717) is 12.3 Å². The highest BCUT2D eigenvalue weighted by Crippen LogP contribution is 2.47. The van der Waals surface area contributed by atoms with Crippen LogP contribution in [0.1, 0.15) is 17.4 Å². The number of aliphatic hydroxyl groups is 1. The second-order valence-corrected chi connectivity index (χ2v) is 7.88. The Morgan fingerprint density at radius 1 is 1.23 bits per heavy atom. The maximum Gasteiger partial charge on any atom is 0.295 e. The Bertz CT molecular complexity index is 1030. The number of amides is 1. The lowest BCUT2D eigenvalue weighted by Gasteiger charge is -2.25. The van der Waals surface area contributed by atoms with Crippen molar-refractivity contribution in [2.24, 2.45) is 0 Å². The van der Waals surface area contributed by atoms with E-state index in [1.165, 1.54) is 31.4 Å². The molecule has 31 heavy (non-hydrogen) atoms. The Labute approximate surface area is 189 Å². The third-order valence-corrected chi connectivity index (χ3v) is 5.56. The molecule has 0 bridgehead atoms. The summed E-state index contributed by atoms with van der Waals surface area (Å²) in [5, 5.41) is 11.3. The van der Waals surface area contributed by atoms with Crippen molar-refractivity contribution >= 4 is 40.7 Å². The number of carbonyl (C=O) groups excluding carboxylic acids is 2. The maximum absolute atomic E-state index is 13.0. The van der Waals surface area contributed by atoms with Gasteiger partial charge >= 0.3 is 0 Å². The van der Waals surface area contributed by atoms with Crippen molar-refractivity contribution < 1.29 is 28.6 Å². The molecule has 1 aliphatic rings. The van der Waals surface area contributed by atoms with Gasteiger partial charge in [0.25, 0.3) is 11.7 Å². The largest absolute Gasteiger partial charge is 0.507 e. The van der Waals surface area contributed by atoms with Crippen molar-refractivity contribution in [3.8, 4) is 11.5 Å². The summed E-state index contributed by atoms with van der Waals surface area (Å²) in [5.74, 6) is -1.51. The van der Waals surface area contributed by atoms with Crippen LogP contribution in [0.4, 0.5) is 0 Å². The predicted molar refractivity (Wildman–Crippen MR) is 116 cm³/mol. The van der Waals surface area contributed by atoms with E-state index in [1.54, 1.807) is 12.1 Å². The number of furan rings is 1. The van der Waals surface area contributed by atoms with Crippen LogP contribution in [0.2, 0.25) is 10.0 Å². The van der Waals surface area contributed by atoms with Crippen molar-refractivity contribution in [1.29, 1.82) is 0 Å². The van der Waals surface area contributed by atoms with Crippen molar-refractivity contribution in [1.82, 2.24) is 9.80 Å². The standard InChI is InChI=1S/C21H22Cl2N2O6/c1-24(2)7-8-25-16(13-6-5-9-31-13)14(18(27)21(25)28)17(26)11-10-12(22)20(30-4)15(23)19(11)29-3/h5-6,9-10,16,26H,7-8H2,1-4H3/b17-14-. The third-order valence-electron chi connectivity index (χ3n) is 4.94. The molecule has 1 aromatic heterocycles. The summed E-state index contributed by atoms with van der Waals surface area (Å²) in [4.78, 5) is 29.1. The molecule has 0 radical (unpaired) electrons. The molecule has 1 aliphatic heterocycles. The lowest BCUT2D eigenvalue weighted by molar-refractivity contribution is -0.140. The zero-order valence-corrected chi connectivity index (χ0v) is 19.0. The van der Waals surface area contributed by atoms with E-state index in [2.05, 4.69) is 0 Å². The van der Waals surface area contributed by atoms with Gasteiger partial charge in [0, 0.05) is 13.1 Å². The fraction of sp³-hybridized carbons (Fsp3) is 0.333. The smallest absolute Gasteiger partial charge is 0.295 e. The van der Waals surface area contributed by atoms with Crippen molar-refractivity contribution in [3.63, 3.8) is 0 Å². The number of carbonyl (C=O) groups is 2. The number of nitrogens with zero attached hydrogens (tertiary/aromatic N) is 2. The van der Waals surface area contributed by atoms with Crippen LogP contribution >= 0.6 is 23.2 Å². The summed E-state index contributed by atoms with van der Waals surface area (Å²) >= 11 is 12.6. The fourth-order valence-electron chi connectivity index (χ4n) is 3.45. The van der Waals surface area contributed by atoms with Gasteiger partial charge in [0.2, 0.25) is 0 Å². The summed E-state index contributed by atoms with van der Waals surface area (Å²) in [7, 11) is 6.44. The number of ketones is 1. The molecule has 166 valence electrons. The second-order valence-electron chi connectivity index (χ2n) is 7.10. The van der Waals surface area contributed by atoms with Gasteiger partial charge in [0.15, 0.2) is 11.5 Å². The number of rotatable bonds is 7. The van der Waals surface area contributed by atoms with Crippen LogP contribution in [0.5, 0.6) is 11.5 Å². The van der Waals surface area contributed by atoms with Gasteiger partial charge in [-0.3, -0.25) is 9.59 Å². The Balaban J connectivity index is 2.23. The van der Waals surface area contributed by atoms with Gasteiger partial charge in [-0.2, -0.15) is 0 Å². The molecule has 1 fully saturated rings. The summed E-state index contributed by atoms with van der Waals surface area (Å²) in [6, 6.07) is 3.73. The zero-order valence-electron chi connectivity index (χ0n) is 17.4. The van der Waals surface area contributed by atoms with Crippen LogP contribution in [0, 0.1) is 0 Å². The number of likely N-dealkylation sites (N-methyl/N-ethyl adjacent to an activating group) is 1. The molecule has 0 aliphatic carbocycles. The molecule has 1 amide bonds. The van der Waals surface area contributed by atoms with Gasteiger partial charge in [-0.25, -0.2) is 0 Å². The van der Waals surface area contributed by atoms with Crippen LogP contribution in [0.25, 0.3) is 5.76 Å². The topological polar surface area (TPSA) is 92.5 Å². The number of ether oxygens (including phenoxy) is 2. The number of methoxy groups -OCH3 is 2. The fourth-order valence-corrected chi connectivity index (χ4v) is 4.14. The van der Waals surface area contributed by atoms with Gasteiger partial charge in [-0.05, 0) is 32.3 Å². The van der Waals surface area contributed by atoms with E-state index in [4.69, 9.17) is 37.1 Å². The summed E-state index contributed by atoms with van der Waals surface area (Å²) in [6.07, 6.45) is 1.43. The van der Waals surface area contributed by atoms with Gasteiger partial charge in [-0.15, -0.1) is 0 Å². The average molecular weight is 469 g/mol. The first-order valence-corrected chi connectivity index (χ1v) is 10.0. The number of halogens is 2. The van der Waals surface area contributed by atoms with Crippen LogP contribution in [0.15, 0.2) is 34.5 Å². The normalized spacial score (nSPS) is 18.2. The Morgan fingerprint density at radius 2 is 1.90 bits per heavy atom. The molecule has 0 spiro atoms. The van der Waals surface area contributed by atoms with E-state index in [0.717, 1.165) is 0 Å². The summed E-state index contributed by atoms with van der Waals surface area (Å²) in [5.41, 5.74) is -0.0882. The van der Waals surface area contributed by atoms with E-state index < -0.39 is 23.5 Å². The quantitative estimate of drug-likeness (QED) is 0.377.